The minimum Gasteiger partial charge on any atom is -0.477 e. The van der Waals surface area contributed by atoms with Gasteiger partial charge in [0.2, 0.25) is 0 Å². The van der Waals surface area contributed by atoms with Gasteiger partial charge in [0.05, 0.1) is 5.69 Å². The van der Waals surface area contributed by atoms with Crippen LogP contribution in [0.4, 0.5) is 0 Å². The first-order chi connectivity index (χ1) is 8.91. The van der Waals surface area contributed by atoms with Crippen molar-refractivity contribution in [1.82, 2.24) is 5.16 Å². The molecule has 1 heterocycles. The monoisotopic (exact) mass is 259 g/mol. The molecule has 1 aromatic heterocycles. The molecule has 0 spiro atoms. The van der Waals surface area contributed by atoms with Crippen LogP contribution in [-0.4, -0.2) is 16.2 Å². The number of aromatic carboxylic acids is 1. The van der Waals surface area contributed by atoms with E-state index in [9.17, 15) is 9.90 Å². The van der Waals surface area contributed by atoms with Crippen molar-refractivity contribution in [1.29, 1.82) is 0 Å². The summed E-state index contributed by atoms with van der Waals surface area (Å²) in [6.07, 6.45) is 0. The molecule has 2 aromatic rings. The first-order valence-electron chi connectivity index (χ1n) is 6.22. The summed E-state index contributed by atoms with van der Waals surface area (Å²) in [4.78, 5) is 11.3. The maximum Gasteiger partial charge on any atom is 0.341 e. The van der Waals surface area contributed by atoms with E-state index in [4.69, 9.17) is 4.52 Å². The Labute approximate surface area is 112 Å². The molecule has 19 heavy (non-hydrogen) atoms. The summed E-state index contributed by atoms with van der Waals surface area (Å²) in [7, 11) is 0. The molecular formula is C15H17NO3. The predicted octanol–water partition coefficient (Wildman–Crippen LogP) is 3.78. The number of aromatic nitrogens is 1. The second-order valence-corrected chi connectivity index (χ2v) is 5.01. The van der Waals surface area contributed by atoms with Crippen LogP contribution in [0.2, 0.25) is 0 Å². The van der Waals surface area contributed by atoms with Crippen molar-refractivity contribution in [3.05, 3.63) is 40.6 Å². The van der Waals surface area contributed by atoms with Gasteiger partial charge in [0.25, 0.3) is 0 Å². The van der Waals surface area contributed by atoms with Crippen molar-refractivity contribution in [2.45, 2.75) is 33.6 Å². The van der Waals surface area contributed by atoms with Crippen molar-refractivity contribution in [2.75, 3.05) is 0 Å². The first-order valence-corrected chi connectivity index (χ1v) is 6.22. The van der Waals surface area contributed by atoms with Crippen LogP contribution in [0.15, 0.2) is 22.7 Å². The predicted molar refractivity (Wildman–Crippen MR) is 72.5 cm³/mol. The van der Waals surface area contributed by atoms with E-state index in [0.717, 1.165) is 16.7 Å². The lowest BCUT2D eigenvalue weighted by Gasteiger charge is -2.09. The van der Waals surface area contributed by atoms with Crippen molar-refractivity contribution >= 4 is 5.97 Å². The molecule has 0 saturated heterocycles. The van der Waals surface area contributed by atoms with Gasteiger partial charge < -0.3 is 9.63 Å². The van der Waals surface area contributed by atoms with Gasteiger partial charge in [-0.15, -0.1) is 0 Å². The molecule has 0 amide bonds. The van der Waals surface area contributed by atoms with E-state index >= 15 is 0 Å². The molecule has 0 radical (unpaired) electrons. The zero-order valence-electron chi connectivity index (χ0n) is 11.5. The van der Waals surface area contributed by atoms with Gasteiger partial charge in [-0.3, -0.25) is 0 Å². The standard InChI is InChI=1S/C15H17NO3/c1-8(2)11-6-5-9(3)12(7-11)14-13(15(17)18)10(4)16-19-14/h5-8H,1-4H3,(H,17,18). The Kier molecular flexibility index (Phi) is 3.42. The number of hydrogen-bond acceptors (Lipinski definition) is 3. The summed E-state index contributed by atoms with van der Waals surface area (Å²) < 4.78 is 5.23. The molecular weight excluding hydrogens is 242 g/mol. The van der Waals surface area contributed by atoms with Gasteiger partial charge in [-0.1, -0.05) is 31.1 Å². The number of carboxylic acids is 1. The molecule has 0 aliphatic rings. The van der Waals surface area contributed by atoms with Gasteiger partial charge in [-0.2, -0.15) is 0 Å². The maximum atomic E-state index is 11.3. The Morgan fingerprint density at radius 1 is 1.32 bits per heavy atom. The topological polar surface area (TPSA) is 63.3 Å². The SMILES string of the molecule is Cc1ccc(C(C)C)cc1-c1onc(C)c1C(=O)O. The third-order valence-electron chi connectivity index (χ3n) is 3.25. The third kappa shape index (κ3) is 2.38. The van der Waals surface area contributed by atoms with E-state index in [1.54, 1.807) is 6.92 Å². The summed E-state index contributed by atoms with van der Waals surface area (Å²) in [6.45, 7) is 7.76. The van der Waals surface area contributed by atoms with Crippen LogP contribution in [0.1, 0.15) is 46.9 Å². The Morgan fingerprint density at radius 3 is 2.58 bits per heavy atom. The largest absolute Gasteiger partial charge is 0.477 e. The summed E-state index contributed by atoms with van der Waals surface area (Å²) in [6, 6.07) is 6.01. The second-order valence-electron chi connectivity index (χ2n) is 5.01. The van der Waals surface area contributed by atoms with Crippen LogP contribution < -0.4 is 0 Å². The molecule has 1 N–H and O–H groups in total. The molecule has 0 fully saturated rings. The molecule has 4 heteroatoms. The van der Waals surface area contributed by atoms with Crippen molar-refractivity contribution < 1.29 is 14.4 Å². The Balaban J connectivity index is 2.65. The van der Waals surface area contributed by atoms with Crippen LogP contribution >= 0.6 is 0 Å². The van der Waals surface area contributed by atoms with Crippen LogP contribution in [0, 0.1) is 13.8 Å². The normalized spacial score (nSPS) is 11.0. The maximum absolute atomic E-state index is 11.3. The second kappa shape index (κ2) is 4.88. The van der Waals surface area contributed by atoms with E-state index in [2.05, 4.69) is 19.0 Å². The van der Waals surface area contributed by atoms with Gasteiger partial charge in [-0.25, -0.2) is 4.79 Å². The van der Waals surface area contributed by atoms with Gasteiger partial charge in [-0.05, 0) is 37.0 Å². The molecule has 0 bridgehead atoms. The van der Waals surface area contributed by atoms with Gasteiger partial charge in [0.15, 0.2) is 5.76 Å². The number of hydrogen-bond donors (Lipinski definition) is 1. The smallest absolute Gasteiger partial charge is 0.341 e. The molecule has 100 valence electrons. The highest BCUT2D eigenvalue weighted by Crippen LogP contribution is 2.31. The minimum absolute atomic E-state index is 0.143. The average Bonchev–Trinajstić information content (AvgIpc) is 2.71. The fourth-order valence-electron chi connectivity index (χ4n) is 2.05. The third-order valence-corrected chi connectivity index (χ3v) is 3.25. The number of carbonyl (C=O) groups is 1. The van der Waals surface area contributed by atoms with E-state index in [0.29, 0.717) is 17.4 Å². The summed E-state index contributed by atoms with van der Waals surface area (Å²) in [5.41, 5.74) is 3.46. The Bertz CT molecular complexity index is 626. The fourth-order valence-corrected chi connectivity index (χ4v) is 2.05. The van der Waals surface area contributed by atoms with Crippen LogP contribution in [0.25, 0.3) is 11.3 Å². The Morgan fingerprint density at radius 2 is 2.00 bits per heavy atom. The zero-order chi connectivity index (χ0) is 14.2. The number of benzene rings is 1. The van der Waals surface area contributed by atoms with Crippen LogP contribution in [-0.2, 0) is 0 Å². The highest BCUT2D eigenvalue weighted by Gasteiger charge is 2.22. The molecule has 1 aromatic carbocycles. The minimum atomic E-state index is -1.01. The summed E-state index contributed by atoms with van der Waals surface area (Å²) in [5, 5.41) is 13.0. The van der Waals surface area contributed by atoms with E-state index in [1.165, 1.54) is 0 Å². The lowest BCUT2D eigenvalue weighted by molar-refractivity contribution is 0.0696. The lowest BCUT2D eigenvalue weighted by atomic mass is 9.95. The fraction of sp³-hybridized carbons (Fsp3) is 0.333. The van der Waals surface area contributed by atoms with Crippen molar-refractivity contribution in [3.63, 3.8) is 0 Å². The summed E-state index contributed by atoms with van der Waals surface area (Å²) in [5.74, 6) is -0.301. The van der Waals surface area contributed by atoms with E-state index in [1.807, 2.05) is 25.1 Å². The molecule has 0 aliphatic carbocycles. The molecule has 0 unspecified atom stereocenters. The van der Waals surface area contributed by atoms with Gasteiger partial charge in [0.1, 0.15) is 5.56 Å². The summed E-state index contributed by atoms with van der Waals surface area (Å²) >= 11 is 0. The Hall–Kier alpha value is -2.10. The first kappa shape index (κ1) is 13.3. The van der Waals surface area contributed by atoms with Gasteiger partial charge >= 0.3 is 5.97 Å². The highest BCUT2D eigenvalue weighted by atomic mass is 16.5. The van der Waals surface area contributed by atoms with E-state index in [-0.39, 0.29) is 5.56 Å². The number of aryl methyl sites for hydroxylation is 2. The molecule has 0 aliphatic heterocycles. The molecule has 0 atom stereocenters. The molecule has 4 nitrogen and oxygen atoms in total. The molecule has 0 saturated carbocycles. The number of carboxylic acid groups (broad SMARTS) is 1. The van der Waals surface area contributed by atoms with Gasteiger partial charge in [0, 0.05) is 5.56 Å². The van der Waals surface area contributed by atoms with Crippen molar-refractivity contribution in [2.24, 2.45) is 0 Å². The van der Waals surface area contributed by atoms with Crippen LogP contribution in [0.3, 0.4) is 0 Å². The highest BCUT2D eigenvalue weighted by molar-refractivity contribution is 5.95. The average molecular weight is 259 g/mol. The zero-order valence-corrected chi connectivity index (χ0v) is 11.5. The van der Waals surface area contributed by atoms with E-state index < -0.39 is 5.97 Å². The lowest BCUT2D eigenvalue weighted by Crippen LogP contribution is -2.00. The quantitative estimate of drug-likeness (QED) is 0.911. The molecule has 2 rings (SSSR count). The number of rotatable bonds is 3. The van der Waals surface area contributed by atoms with Crippen LogP contribution in [0.5, 0.6) is 0 Å². The number of nitrogens with zero attached hydrogens (tertiary/aromatic N) is 1. The van der Waals surface area contributed by atoms with Crippen molar-refractivity contribution in [3.8, 4) is 11.3 Å².